The van der Waals surface area contributed by atoms with Gasteiger partial charge in [0.1, 0.15) is 5.82 Å². The molecule has 0 radical (unpaired) electrons. The number of aromatic nitrogens is 2. The summed E-state index contributed by atoms with van der Waals surface area (Å²) in [7, 11) is 3.35. The smallest absolute Gasteiger partial charge is 0.224 e. The number of rotatable bonds is 5. The molecule has 100 valence electrons. The second-order valence-electron chi connectivity index (χ2n) is 4.28. The van der Waals surface area contributed by atoms with Gasteiger partial charge in [0, 0.05) is 45.2 Å². The fraction of sp³-hybridized carbons (Fsp3) is 0.727. The zero-order valence-electron chi connectivity index (χ0n) is 10.7. The summed E-state index contributed by atoms with van der Waals surface area (Å²) in [6.45, 7) is 2.24. The van der Waals surface area contributed by atoms with E-state index in [1.165, 1.54) is 11.5 Å². The molecule has 0 saturated carbocycles. The third-order valence-electron chi connectivity index (χ3n) is 3.06. The number of anilines is 1. The highest BCUT2D eigenvalue weighted by Gasteiger charge is 2.29. The van der Waals surface area contributed by atoms with Gasteiger partial charge in [0.15, 0.2) is 0 Å². The zero-order chi connectivity index (χ0) is 13.0. The average molecular weight is 270 g/mol. The molecule has 1 aromatic rings. The van der Waals surface area contributed by atoms with E-state index in [0.29, 0.717) is 6.61 Å². The van der Waals surface area contributed by atoms with E-state index in [1.54, 1.807) is 14.2 Å². The van der Waals surface area contributed by atoms with Gasteiger partial charge in [0.05, 0.1) is 12.5 Å². The second-order valence-corrected chi connectivity index (χ2v) is 5.01. The van der Waals surface area contributed by atoms with Crippen molar-refractivity contribution >= 4 is 22.6 Å². The van der Waals surface area contributed by atoms with E-state index in [9.17, 15) is 4.79 Å². The Morgan fingerprint density at radius 2 is 2.50 bits per heavy atom. The fourth-order valence-corrected chi connectivity index (χ4v) is 2.77. The van der Waals surface area contributed by atoms with E-state index in [4.69, 9.17) is 4.74 Å². The first kappa shape index (κ1) is 13.2. The molecule has 1 aliphatic rings. The van der Waals surface area contributed by atoms with Crippen molar-refractivity contribution < 1.29 is 9.53 Å². The van der Waals surface area contributed by atoms with Gasteiger partial charge >= 0.3 is 0 Å². The second kappa shape index (κ2) is 6.10. The first-order valence-corrected chi connectivity index (χ1v) is 6.80. The summed E-state index contributed by atoms with van der Waals surface area (Å²) in [4.78, 5) is 18.2. The van der Waals surface area contributed by atoms with E-state index in [0.717, 1.165) is 36.9 Å². The maximum absolute atomic E-state index is 11.6. The molecule has 1 atom stereocenters. The molecule has 2 heterocycles. The van der Waals surface area contributed by atoms with Crippen molar-refractivity contribution in [3.63, 3.8) is 0 Å². The van der Waals surface area contributed by atoms with Crippen LogP contribution in [0.4, 0.5) is 5.13 Å². The highest BCUT2D eigenvalue weighted by molar-refractivity contribution is 7.09. The molecule has 0 spiro atoms. The van der Waals surface area contributed by atoms with Gasteiger partial charge in [-0.3, -0.25) is 4.79 Å². The van der Waals surface area contributed by atoms with Crippen LogP contribution in [0.2, 0.25) is 0 Å². The molecule has 1 unspecified atom stereocenters. The number of nitrogens with zero attached hydrogens (tertiary/aromatic N) is 3. The van der Waals surface area contributed by atoms with Gasteiger partial charge < -0.3 is 15.0 Å². The molecular weight excluding hydrogens is 252 g/mol. The van der Waals surface area contributed by atoms with Gasteiger partial charge in [-0.05, 0) is 6.42 Å². The monoisotopic (exact) mass is 270 g/mol. The van der Waals surface area contributed by atoms with Gasteiger partial charge in [-0.1, -0.05) is 0 Å². The Bertz CT molecular complexity index is 410. The van der Waals surface area contributed by atoms with Gasteiger partial charge in [-0.25, -0.2) is 4.98 Å². The van der Waals surface area contributed by atoms with Crippen LogP contribution in [0, 0.1) is 5.92 Å². The number of methoxy groups -OCH3 is 1. The molecule has 1 saturated heterocycles. The molecule has 1 N–H and O–H groups in total. The molecule has 6 nitrogen and oxygen atoms in total. The van der Waals surface area contributed by atoms with Gasteiger partial charge in [-0.2, -0.15) is 4.37 Å². The van der Waals surface area contributed by atoms with Crippen LogP contribution in [0.5, 0.6) is 0 Å². The maximum Gasteiger partial charge on any atom is 0.224 e. The van der Waals surface area contributed by atoms with E-state index >= 15 is 0 Å². The lowest BCUT2D eigenvalue weighted by Gasteiger charge is -2.13. The van der Waals surface area contributed by atoms with E-state index in [1.807, 2.05) is 0 Å². The number of amides is 1. The Labute approximate surface area is 111 Å². The van der Waals surface area contributed by atoms with Crippen LogP contribution in [-0.4, -0.2) is 49.1 Å². The predicted octanol–water partition coefficient (Wildman–Crippen LogP) is 0.299. The lowest BCUT2D eigenvalue weighted by Crippen LogP contribution is -2.30. The quantitative estimate of drug-likeness (QED) is 0.833. The number of hydrogen-bond donors (Lipinski definition) is 1. The third kappa shape index (κ3) is 2.97. The number of hydrogen-bond acceptors (Lipinski definition) is 6. The van der Waals surface area contributed by atoms with Crippen molar-refractivity contribution in [3.05, 3.63) is 5.82 Å². The highest BCUT2D eigenvalue weighted by atomic mass is 32.1. The van der Waals surface area contributed by atoms with Crippen molar-refractivity contribution in [3.8, 4) is 0 Å². The molecule has 1 fully saturated rings. The standard InChI is InChI=1S/C11H18N4O2S/c1-12-10(16)8-3-5-15(7-8)11-13-9(14-18-11)4-6-17-2/h8H,3-7H2,1-2H3,(H,12,16). The summed E-state index contributed by atoms with van der Waals surface area (Å²) in [6, 6.07) is 0. The minimum atomic E-state index is 0.0707. The maximum atomic E-state index is 11.6. The van der Waals surface area contributed by atoms with Crippen molar-refractivity contribution in [1.82, 2.24) is 14.7 Å². The van der Waals surface area contributed by atoms with Crippen molar-refractivity contribution in [1.29, 1.82) is 0 Å². The van der Waals surface area contributed by atoms with E-state index < -0.39 is 0 Å². The van der Waals surface area contributed by atoms with Gasteiger partial charge in [-0.15, -0.1) is 0 Å². The topological polar surface area (TPSA) is 67.4 Å². The Morgan fingerprint density at radius 3 is 3.22 bits per heavy atom. The van der Waals surface area contributed by atoms with Gasteiger partial charge in [0.2, 0.25) is 11.0 Å². The summed E-state index contributed by atoms with van der Waals surface area (Å²) in [5.74, 6) is 1.00. The number of carbonyl (C=O) groups is 1. The number of carbonyl (C=O) groups excluding carboxylic acids is 1. The minimum Gasteiger partial charge on any atom is -0.384 e. The summed E-state index contributed by atoms with van der Waals surface area (Å²) in [5.41, 5.74) is 0. The van der Waals surface area contributed by atoms with Crippen LogP contribution in [0.25, 0.3) is 0 Å². The summed E-state index contributed by atoms with van der Waals surface area (Å²) in [5, 5.41) is 3.61. The highest BCUT2D eigenvalue weighted by Crippen LogP contribution is 2.25. The molecule has 1 aliphatic heterocycles. The van der Waals surface area contributed by atoms with Crippen LogP contribution in [0.1, 0.15) is 12.2 Å². The summed E-state index contributed by atoms with van der Waals surface area (Å²) in [6.07, 6.45) is 1.62. The van der Waals surface area contributed by atoms with Crippen LogP contribution < -0.4 is 10.2 Å². The zero-order valence-corrected chi connectivity index (χ0v) is 11.5. The Balaban J connectivity index is 1.92. The van der Waals surface area contributed by atoms with Crippen molar-refractivity contribution in [2.24, 2.45) is 5.92 Å². The Hall–Kier alpha value is -1.21. The van der Waals surface area contributed by atoms with E-state index in [2.05, 4.69) is 19.6 Å². The molecule has 0 aromatic carbocycles. The molecule has 7 heteroatoms. The molecule has 2 rings (SSSR count). The first-order chi connectivity index (χ1) is 8.74. The van der Waals surface area contributed by atoms with Crippen molar-refractivity contribution in [2.45, 2.75) is 12.8 Å². The van der Waals surface area contributed by atoms with Crippen LogP contribution in [0.3, 0.4) is 0 Å². The molecule has 18 heavy (non-hydrogen) atoms. The molecule has 1 amide bonds. The van der Waals surface area contributed by atoms with Crippen LogP contribution in [-0.2, 0) is 16.0 Å². The average Bonchev–Trinajstić information content (AvgIpc) is 3.03. The summed E-state index contributed by atoms with van der Waals surface area (Å²) >= 11 is 1.40. The van der Waals surface area contributed by atoms with Gasteiger partial charge in [0.25, 0.3) is 0 Å². The van der Waals surface area contributed by atoms with Crippen LogP contribution in [0.15, 0.2) is 0 Å². The largest absolute Gasteiger partial charge is 0.384 e. The number of nitrogens with one attached hydrogen (secondary N) is 1. The number of ether oxygens (including phenoxy) is 1. The van der Waals surface area contributed by atoms with E-state index in [-0.39, 0.29) is 11.8 Å². The first-order valence-electron chi connectivity index (χ1n) is 6.02. The minimum absolute atomic E-state index is 0.0707. The Morgan fingerprint density at radius 1 is 1.67 bits per heavy atom. The Kier molecular flexibility index (Phi) is 4.48. The van der Waals surface area contributed by atoms with Crippen LogP contribution >= 0.6 is 11.5 Å². The predicted molar refractivity (Wildman–Crippen MR) is 69.9 cm³/mol. The molecule has 1 aromatic heterocycles. The summed E-state index contributed by atoms with van der Waals surface area (Å²) < 4.78 is 9.30. The molecule has 0 aliphatic carbocycles. The SMILES string of the molecule is CNC(=O)C1CCN(c2nc(CCOC)ns2)C1. The normalized spacial score (nSPS) is 19.2. The molecule has 0 bridgehead atoms. The lowest BCUT2D eigenvalue weighted by molar-refractivity contribution is -0.123. The third-order valence-corrected chi connectivity index (χ3v) is 3.88. The lowest BCUT2D eigenvalue weighted by atomic mass is 10.1. The molecular formula is C11H18N4O2S. The fourth-order valence-electron chi connectivity index (χ4n) is 2.02. The van der Waals surface area contributed by atoms with Crippen molar-refractivity contribution in [2.75, 3.05) is 38.8 Å².